The van der Waals surface area contributed by atoms with E-state index in [0.717, 1.165) is 26.1 Å². The van der Waals surface area contributed by atoms with Crippen LogP contribution in [0.3, 0.4) is 0 Å². The number of carbonyl (C=O) groups is 2. The number of carboxylic acid groups (broad SMARTS) is 1. The highest BCUT2D eigenvalue weighted by Gasteiger charge is 2.52. The normalized spacial score (nSPS) is 30.3. The van der Waals surface area contributed by atoms with Crippen LogP contribution >= 0.6 is 0 Å². The molecule has 2 aliphatic carbocycles. The molecule has 1 aromatic rings. The molecule has 1 heterocycles. The Morgan fingerprint density at radius 3 is 2.33 bits per heavy atom. The first-order valence-corrected chi connectivity index (χ1v) is 9.77. The highest BCUT2D eigenvalue weighted by Crippen LogP contribution is 2.48. The Labute approximate surface area is 160 Å². The lowest BCUT2D eigenvalue weighted by Crippen LogP contribution is -2.52. The summed E-state index contributed by atoms with van der Waals surface area (Å²) in [6.07, 6.45) is 9.14. The molecule has 3 aliphatic rings. The Morgan fingerprint density at radius 2 is 1.67 bits per heavy atom. The van der Waals surface area contributed by atoms with Gasteiger partial charge in [0, 0.05) is 32.7 Å². The number of nitrogens with zero attached hydrogens (tertiary/aromatic N) is 2. The summed E-state index contributed by atoms with van der Waals surface area (Å²) in [6, 6.07) is 10.2. The lowest BCUT2D eigenvalue weighted by molar-refractivity contribution is -0.151. The minimum Gasteiger partial charge on any atom is -0.481 e. The molecular formula is C22H26N2O3. The second-order valence-corrected chi connectivity index (χ2v) is 7.78. The summed E-state index contributed by atoms with van der Waals surface area (Å²) in [7, 11) is 0. The third-order valence-electron chi connectivity index (χ3n) is 6.19. The predicted octanol–water partition coefficient (Wildman–Crippen LogP) is 2.37. The van der Waals surface area contributed by atoms with E-state index in [1.165, 1.54) is 5.56 Å². The lowest BCUT2D eigenvalue weighted by atomic mass is 9.82. The van der Waals surface area contributed by atoms with Crippen LogP contribution in [0.25, 0.3) is 6.08 Å². The molecule has 1 amide bonds. The minimum absolute atomic E-state index is 0.0332. The highest BCUT2D eigenvalue weighted by atomic mass is 16.4. The average Bonchev–Trinajstić information content (AvgIpc) is 3.30. The summed E-state index contributed by atoms with van der Waals surface area (Å²) >= 11 is 0. The first-order valence-electron chi connectivity index (χ1n) is 9.77. The Kier molecular flexibility index (Phi) is 5.12. The molecule has 1 aromatic carbocycles. The minimum atomic E-state index is -0.824. The van der Waals surface area contributed by atoms with Crippen LogP contribution in [0.15, 0.2) is 48.6 Å². The molecule has 0 radical (unpaired) electrons. The van der Waals surface area contributed by atoms with E-state index >= 15 is 0 Å². The Balaban J connectivity index is 1.30. The van der Waals surface area contributed by atoms with Gasteiger partial charge >= 0.3 is 5.97 Å². The van der Waals surface area contributed by atoms with Crippen molar-refractivity contribution in [3.8, 4) is 0 Å². The quantitative estimate of drug-likeness (QED) is 0.813. The lowest BCUT2D eigenvalue weighted by Gasteiger charge is -2.37. The molecule has 142 valence electrons. The topological polar surface area (TPSA) is 60.9 Å². The van der Waals surface area contributed by atoms with E-state index < -0.39 is 11.9 Å². The predicted molar refractivity (Wildman–Crippen MR) is 104 cm³/mol. The van der Waals surface area contributed by atoms with Gasteiger partial charge in [-0.05, 0) is 23.8 Å². The Morgan fingerprint density at radius 1 is 1.00 bits per heavy atom. The number of carbonyl (C=O) groups excluding carboxylic acids is 1. The van der Waals surface area contributed by atoms with E-state index in [1.807, 2.05) is 29.2 Å². The first-order chi connectivity index (χ1) is 13.1. The second-order valence-electron chi connectivity index (χ2n) is 7.78. The van der Waals surface area contributed by atoms with E-state index in [2.05, 4.69) is 35.3 Å². The van der Waals surface area contributed by atoms with Crippen LogP contribution in [0.4, 0.5) is 0 Å². The molecule has 27 heavy (non-hydrogen) atoms. The van der Waals surface area contributed by atoms with Crippen molar-refractivity contribution >= 4 is 18.0 Å². The standard InChI is InChI=1S/C22H26N2O3/c25-21(19-17-8-9-18(15-17)20(19)22(26)27)24-13-11-23(12-14-24)10-4-7-16-5-2-1-3-6-16/h1-9,17-20H,10-15H2,(H,26,27)/b7-4+/t17-,18+,19-,20-/m0/s1. The van der Waals surface area contributed by atoms with Crippen LogP contribution in [0, 0.1) is 23.7 Å². The third kappa shape index (κ3) is 3.69. The van der Waals surface area contributed by atoms with Gasteiger partial charge in [0.25, 0.3) is 0 Å². The maximum Gasteiger partial charge on any atom is 0.307 e. The summed E-state index contributed by atoms with van der Waals surface area (Å²) in [6.45, 7) is 3.90. The Bertz CT molecular complexity index is 750. The van der Waals surface area contributed by atoms with Crippen LogP contribution in [0.1, 0.15) is 12.0 Å². The summed E-state index contributed by atoms with van der Waals surface area (Å²) in [5.41, 5.74) is 1.19. The van der Waals surface area contributed by atoms with Gasteiger partial charge in [0.1, 0.15) is 0 Å². The van der Waals surface area contributed by atoms with Crippen molar-refractivity contribution in [1.29, 1.82) is 0 Å². The molecule has 1 N–H and O–H groups in total. The van der Waals surface area contributed by atoms with Crippen LogP contribution in [-0.4, -0.2) is 59.5 Å². The van der Waals surface area contributed by atoms with Crippen LogP contribution in [0.5, 0.6) is 0 Å². The van der Waals surface area contributed by atoms with Gasteiger partial charge in [-0.3, -0.25) is 14.5 Å². The van der Waals surface area contributed by atoms with Gasteiger partial charge in [0.05, 0.1) is 11.8 Å². The van der Waals surface area contributed by atoms with Crippen LogP contribution in [0.2, 0.25) is 0 Å². The molecule has 5 heteroatoms. The van der Waals surface area contributed by atoms with E-state index in [0.29, 0.717) is 13.1 Å². The van der Waals surface area contributed by atoms with Crippen molar-refractivity contribution in [3.05, 3.63) is 54.1 Å². The zero-order valence-corrected chi connectivity index (χ0v) is 15.4. The zero-order chi connectivity index (χ0) is 18.8. The molecule has 5 nitrogen and oxygen atoms in total. The SMILES string of the molecule is O=C(O)[C@@H]1[C@@H](C(=O)N2CCN(C/C=C/c3ccccc3)CC2)[C@H]2C=C[C@@H]1C2. The maximum absolute atomic E-state index is 13.0. The van der Waals surface area contributed by atoms with Crippen molar-refractivity contribution in [1.82, 2.24) is 9.80 Å². The fourth-order valence-electron chi connectivity index (χ4n) is 4.76. The van der Waals surface area contributed by atoms with Crippen molar-refractivity contribution < 1.29 is 14.7 Å². The molecule has 2 bridgehead atoms. The maximum atomic E-state index is 13.0. The largest absolute Gasteiger partial charge is 0.481 e. The van der Waals surface area contributed by atoms with Crippen molar-refractivity contribution in [2.75, 3.05) is 32.7 Å². The number of carboxylic acids is 1. The monoisotopic (exact) mass is 366 g/mol. The van der Waals surface area contributed by atoms with E-state index in [4.69, 9.17) is 0 Å². The molecule has 2 fully saturated rings. The second kappa shape index (κ2) is 7.69. The number of allylic oxidation sites excluding steroid dienone is 2. The summed E-state index contributed by atoms with van der Waals surface area (Å²) < 4.78 is 0. The van der Waals surface area contributed by atoms with Crippen molar-refractivity contribution in [2.45, 2.75) is 6.42 Å². The molecule has 0 aromatic heterocycles. The molecule has 4 rings (SSSR count). The average molecular weight is 366 g/mol. The fourth-order valence-corrected chi connectivity index (χ4v) is 4.76. The molecular weight excluding hydrogens is 340 g/mol. The number of benzene rings is 1. The highest BCUT2D eigenvalue weighted by molar-refractivity contribution is 5.87. The number of rotatable bonds is 5. The molecule has 1 aliphatic heterocycles. The van der Waals surface area contributed by atoms with E-state index in [-0.39, 0.29) is 23.7 Å². The number of piperazine rings is 1. The van der Waals surface area contributed by atoms with E-state index in [1.54, 1.807) is 0 Å². The summed E-state index contributed by atoms with van der Waals surface area (Å²) in [4.78, 5) is 28.9. The van der Waals surface area contributed by atoms with Gasteiger partial charge < -0.3 is 10.0 Å². The van der Waals surface area contributed by atoms with E-state index in [9.17, 15) is 14.7 Å². The smallest absolute Gasteiger partial charge is 0.307 e. The van der Waals surface area contributed by atoms with Crippen molar-refractivity contribution in [2.24, 2.45) is 23.7 Å². The van der Waals surface area contributed by atoms with Gasteiger partial charge in [0.2, 0.25) is 5.91 Å². The van der Waals surface area contributed by atoms with Gasteiger partial charge in [-0.1, -0.05) is 54.6 Å². The number of hydrogen-bond acceptors (Lipinski definition) is 3. The fraction of sp³-hybridized carbons (Fsp3) is 0.455. The number of amides is 1. The molecule has 0 spiro atoms. The van der Waals surface area contributed by atoms with Gasteiger partial charge in [-0.15, -0.1) is 0 Å². The van der Waals surface area contributed by atoms with Gasteiger partial charge in [-0.25, -0.2) is 0 Å². The Hall–Kier alpha value is -2.40. The van der Waals surface area contributed by atoms with Crippen molar-refractivity contribution in [3.63, 3.8) is 0 Å². The zero-order valence-electron chi connectivity index (χ0n) is 15.4. The summed E-state index contributed by atoms with van der Waals surface area (Å²) in [5, 5.41) is 9.57. The first kappa shape index (κ1) is 18.0. The number of aliphatic carboxylic acids is 1. The summed E-state index contributed by atoms with van der Waals surface area (Å²) in [5.74, 6) is -1.56. The van der Waals surface area contributed by atoms with Crippen LogP contribution < -0.4 is 0 Å². The third-order valence-corrected chi connectivity index (χ3v) is 6.19. The molecule has 1 saturated heterocycles. The molecule has 1 saturated carbocycles. The van der Waals surface area contributed by atoms with Gasteiger partial charge in [0.15, 0.2) is 0 Å². The number of hydrogen-bond donors (Lipinski definition) is 1. The van der Waals surface area contributed by atoms with Gasteiger partial charge in [-0.2, -0.15) is 0 Å². The number of fused-ring (bicyclic) bond motifs is 2. The molecule has 0 unspecified atom stereocenters. The molecule has 4 atom stereocenters. The van der Waals surface area contributed by atoms with Crippen LogP contribution in [-0.2, 0) is 9.59 Å².